The first-order chi connectivity index (χ1) is 12.0. The van der Waals surface area contributed by atoms with Gasteiger partial charge in [0.1, 0.15) is 17.2 Å². The van der Waals surface area contributed by atoms with Crippen molar-refractivity contribution < 1.29 is 13.2 Å². The Labute approximate surface area is 144 Å². The molecule has 2 aliphatic rings. The van der Waals surface area contributed by atoms with Crippen molar-refractivity contribution in [2.75, 3.05) is 0 Å². The molecule has 3 aromatic rings. The van der Waals surface area contributed by atoms with Crippen molar-refractivity contribution in [3.05, 3.63) is 22.6 Å². The largest absolute Gasteiger partial charge is 0.405 e. The van der Waals surface area contributed by atoms with E-state index in [-0.39, 0.29) is 6.42 Å². The van der Waals surface area contributed by atoms with Crippen molar-refractivity contribution in [3.63, 3.8) is 0 Å². The maximum absolute atomic E-state index is 12.9. The van der Waals surface area contributed by atoms with Gasteiger partial charge >= 0.3 is 6.18 Å². The Morgan fingerprint density at radius 2 is 2.04 bits per heavy atom. The predicted octanol–water partition coefficient (Wildman–Crippen LogP) is 2.69. The van der Waals surface area contributed by atoms with Crippen LogP contribution in [0, 0.1) is 0 Å². The van der Waals surface area contributed by atoms with Crippen LogP contribution in [0.5, 0.6) is 0 Å². The molecule has 0 bridgehead atoms. The fourth-order valence-electron chi connectivity index (χ4n) is 3.66. The lowest BCUT2D eigenvalue weighted by Gasteiger charge is -2.12. The molecule has 5 rings (SSSR count). The number of alkyl halides is 3. The van der Waals surface area contributed by atoms with Crippen LogP contribution in [-0.2, 0) is 12.8 Å². The summed E-state index contributed by atoms with van der Waals surface area (Å²) < 4.78 is 40.1. The summed E-state index contributed by atoms with van der Waals surface area (Å²) in [5.74, 6) is 0.365. The molecule has 132 valence electrons. The van der Waals surface area contributed by atoms with Crippen molar-refractivity contribution in [1.82, 2.24) is 30.4 Å². The van der Waals surface area contributed by atoms with Gasteiger partial charge in [0.15, 0.2) is 11.5 Å². The molecule has 10 heteroatoms. The van der Waals surface area contributed by atoms with Gasteiger partial charge in [-0.1, -0.05) is 0 Å². The van der Waals surface area contributed by atoms with E-state index in [0.29, 0.717) is 11.5 Å². The number of halogens is 3. The zero-order chi connectivity index (χ0) is 17.2. The molecule has 2 unspecified atom stereocenters. The molecule has 25 heavy (non-hydrogen) atoms. The van der Waals surface area contributed by atoms with E-state index in [4.69, 9.17) is 0 Å². The molecule has 1 aliphatic carbocycles. The Morgan fingerprint density at radius 1 is 1.20 bits per heavy atom. The number of rotatable bonds is 1. The highest BCUT2D eigenvalue weighted by Gasteiger charge is 2.45. The molecule has 0 saturated carbocycles. The van der Waals surface area contributed by atoms with Gasteiger partial charge in [0, 0.05) is 4.88 Å². The Bertz CT molecular complexity index is 962. The average molecular weight is 368 g/mol. The summed E-state index contributed by atoms with van der Waals surface area (Å²) in [6.45, 7) is 0. The number of fused-ring (bicyclic) bond motifs is 5. The van der Waals surface area contributed by atoms with Gasteiger partial charge in [-0.3, -0.25) is 0 Å². The second-order valence-corrected chi connectivity index (χ2v) is 7.63. The normalized spacial score (nSPS) is 24.3. The van der Waals surface area contributed by atoms with Gasteiger partial charge in [-0.25, -0.2) is 25.3 Å². The van der Waals surface area contributed by atoms with E-state index in [0.717, 1.165) is 29.5 Å². The number of aromatic nitrogens is 4. The molecule has 0 spiro atoms. The number of hydrogen-bond donors (Lipinski definition) is 2. The number of thiophene rings is 1. The van der Waals surface area contributed by atoms with Crippen molar-refractivity contribution in [1.29, 1.82) is 0 Å². The van der Waals surface area contributed by atoms with E-state index in [1.165, 1.54) is 16.9 Å². The SMILES string of the molecule is FC(F)(F)C1CC(c2nc3c4c5c(sc4ncn3n2)CCCC5)NN1. The smallest absolute Gasteiger partial charge is 0.246 e. The quantitative estimate of drug-likeness (QED) is 0.691. The molecule has 0 amide bonds. The number of hydrazine groups is 1. The Hall–Kier alpha value is -1.78. The molecule has 3 aromatic heterocycles. The van der Waals surface area contributed by atoms with Gasteiger partial charge in [-0.05, 0) is 37.7 Å². The minimum atomic E-state index is -4.29. The maximum Gasteiger partial charge on any atom is 0.405 e. The predicted molar refractivity (Wildman–Crippen MR) is 86.3 cm³/mol. The third-order valence-corrected chi connectivity index (χ3v) is 6.12. The third kappa shape index (κ3) is 2.42. The molecule has 0 aromatic carbocycles. The molecule has 6 nitrogen and oxygen atoms in total. The van der Waals surface area contributed by atoms with E-state index in [2.05, 4.69) is 25.9 Å². The van der Waals surface area contributed by atoms with E-state index >= 15 is 0 Å². The summed E-state index contributed by atoms with van der Waals surface area (Å²) in [6, 6.07) is -2.16. The van der Waals surface area contributed by atoms with Crippen LogP contribution in [0.15, 0.2) is 6.33 Å². The second kappa shape index (κ2) is 5.36. The van der Waals surface area contributed by atoms with Crippen LogP contribution < -0.4 is 10.9 Å². The van der Waals surface area contributed by atoms with Gasteiger partial charge in [-0.2, -0.15) is 13.2 Å². The van der Waals surface area contributed by atoms with Gasteiger partial charge in [0.05, 0.1) is 11.4 Å². The third-order valence-electron chi connectivity index (χ3n) is 4.92. The highest BCUT2D eigenvalue weighted by Crippen LogP contribution is 2.37. The van der Waals surface area contributed by atoms with Crippen LogP contribution in [0.1, 0.15) is 41.6 Å². The van der Waals surface area contributed by atoms with Crippen molar-refractivity contribution in [2.24, 2.45) is 0 Å². The van der Waals surface area contributed by atoms with Crippen LogP contribution in [-0.4, -0.2) is 31.8 Å². The van der Waals surface area contributed by atoms with Gasteiger partial charge in [0.2, 0.25) is 0 Å². The topological polar surface area (TPSA) is 67.1 Å². The minimum Gasteiger partial charge on any atom is -0.246 e. The summed E-state index contributed by atoms with van der Waals surface area (Å²) in [5, 5.41) is 5.38. The van der Waals surface area contributed by atoms with Gasteiger partial charge < -0.3 is 0 Å². The minimum absolute atomic E-state index is 0.126. The van der Waals surface area contributed by atoms with E-state index < -0.39 is 18.3 Å². The lowest BCUT2D eigenvalue weighted by Crippen LogP contribution is -2.41. The molecule has 2 atom stereocenters. The first-order valence-electron chi connectivity index (χ1n) is 8.24. The highest BCUT2D eigenvalue weighted by molar-refractivity contribution is 7.19. The van der Waals surface area contributed by atoms with Gasteiger partial charge in [-0.15, -0.1) is 16.4 Å². The summed E-state index contributed by atoms with van der Waals surface area (Å²) in [4.78, 5) is 11.3. The van der Waals surface area contributed by atoms with Crippen LogP contribution in [0.2, 0.25) is 0 Å². The molecular weight excluding hydrogens is 353 g/mol. The van der Waals surface area contributed by atoms with Crippen LogP contribution in [0.4, 0.5) is 13.2 Å². The van der Waals surface area contributed by atoms with Gasteiger partial charge in [0.25, 0.3) is 0 Å². The molecule has 1 fully saturated rings. The molecule has 1 aliphatic heterocycles. The van der Waals surface area contributed by atoms with E-state index in [9.17, 15) is 13.2 Å². The monoisotopic (exact) mass is 368 g/mol. The van der Waals surface area contributed by atoms with Crippen molar-refractivity contribution in [2.45, 2.75) is 50.4 Å². The lowest BCUT2D eigenvalue weighted by molar-refractivity contribution is -0.153. The molecular formula is C15H15F3N6S. The molecule has 2 N–H and O–H groups in total. The van der Waals surface area contributed by atoms with Crippen LogP contribution in [0.3, 0.4) is 0 Å². The van der Waals surface area contributed by atoms with E-state index in [1.54, 1.807) is 22.2 Å². The average Bonchev–Trinajstić information content (AvgIpc) is 3.28. The molecule has 4 heterocycles. The summed E-state index contributed by atoms with van der Waals surface area (Å²) in [7, 11) is 0. The number of nitrogens with one attached hydrogen (secondary N) is 2. The summed E-state index contributed by atoms with van der Waals surface area (Å²) >= 11 is 1.69. The maximum atomic E-state index is 12.9. The van der Waals surface area contributed by atoms with Crippen LogP contribution in [0.25, 0.3) is 15.9 Å². The standard InChI is InChI=1S/C15H15F3N6S/c16-15(17,18)10-5-8(21-22-10)12-20-13-11-7-3-1-2-4-9(7)25-14(11)19-6-24(13)23-12/h6,8,10,21-22H,1-5H2. The Morgan fingerprint density at radius 3 is 2.84 bits per heavy atom. The molecule has 1 saturated heterocycles. The highest BCUT2D eigenvalue weighted by atomic mass is 32.1. The first kappa shape index (κ1) is 15.5. The zero-order valence-electron chi connectivity index (χ0n) is 13.1. The summed E-state index contributed by atoms with van der Waals surface area (Å²) in [5.41, 5.74) is 6.94. The zero-order valence-corrected chi connectivity index (χ0v) is 13.9. The van der Waals surface area contributed by atoms with Crippen molar-refractivity contribution in [3.8, 4) is 0 Å². The number of hydrogen-bond acceptors (Lipinski definition) is 6. The van der Waals surface area contributed by atoms with E-state index in [1.807, 2.05) is 0 Å². The fraction of sp³-hybridized carbons (Fsp3) is 0.533. The first-order valence-corrected chi connectivity index (χ1v) is 9.05. The number of nitrogens with zero attached hydrogens (tertiary/aromatic N) is 4. The lowest BCUT2D eigenvalue weighted by atomic mass is 9.97. The van der Waals surface area contributed by atoms with Crippen LogP contribution >= 0.6 is 11.3 Å². The summed E-state index contributed by atoms with van der Waals surface area (Å²) in [6.07, 6.45) is 1.57. The number of aryl methyl sites for hydroxylation is 2. The fourth-order valence-corrected chi connectivity index (χ4v) is 4.88. The Balaban J connectivity index is 1.58. The van der Waals surface area contributed by atoms with Crippen molar-refractivity contribution >= 4 is 27.2 Å². The molecule has 0 radical (unpaired) electrons. The Kier molecular flexibility index (Phi) is 3.32. The second-order valence-electron chi connectivity index (χ2n) is 6.54.